The number of aryl methyl sites for hydroxylation is 2. The first-order valence-electron chi connectivity index (χ1n) is 7.51. The van der Waals surface area contributed by atoms with Gasteiger partial charge in [0.15, 0.2) is 0 Å². The van der Waals surface area contributed by atoms with E-state index in [4.69, 9.17) is 0 Å². The number of rotatable bonds is 4. The molecule has 1 N–H and O–H groups in total. The topological polar surface area (TPSA) is 47.7 Å². The van der Waals surface area contributed by atoms with Gasteiger partial charge >= 0.3 is 0 Å². The van der Waals surface area contributed by atoms with Gasteiger partial charge in [-0.1, -0.05) is 0 Å². The maximum Gasteiger partial charge on any atom is 0.102 e. The molecule has 0 amide bonds. The fraction of sp³-hybridized carbons (Fsp3) is 0.600. The molecule has 0 aliphatic heterocycles. The van der Waals surface area contributed by atoms with Crippen molar-refractivity contribution in [3.8, 4) is 11.3 Å². The van der Waals surface area contributed by atoms with Gasteiger partial charge in [-0.25, -0.2) is 4.39 Å². The van der Waals surface area contributed by atoms with Gasteiger partial charge in [0.2, 0.25) is 0 Å². The van der Waals surface area contributed by atoms with Crippen LogP contribution in [-0.2, 0) is 20.6 Å². The van der Waals surface area contributed by atoms with Crippen molar-refractivity contribution in [3.63, 3.8) is 0 Å². The number of alkyl halides is 1. The zero-order chi connectivity index (χ0) is 14.8. The van der Waals surface area contributed by atoms with Gasteiger partial charge in [0, 0.05) is 50.2 Å². The summed E-state index contributed by atoms with van der Waals surface area (Å²) in [7, 11) is 3.81. The Morgan fingerprint density at radius 3 is 2.86 bits per heavy atom. The molecule has 1 aliphatic rings. The van der Waals surface area contributed by atoms with Crippen LogP contribution in [-0.4, -0.2) is 31.8 Å². The molecule has 1 saturated carbocycles. The van der Waals surface area contributed by atoms with Gasteiger partial charge < -0.3 is 5.32 Å². The minimum Gasteiger partial charge on any atom is -0.310 e. The summed E-state index contributed by atoms with van der Waals surface area (Å²) in [6, 6.07) is 0.274. The summed E-state index contributed by atoms with van der Waals surface area (Å²) < 4.78 is 17.0. The molecule has 0 saturated heterocycles. The van der Waals surface area contributed by atoms with Gasteiger partial charge in [0.1, 0.15) is 6.17 Å². The molecule has 0 bridgehead atoms. The largest absolute Gasteiger partial charge is 0.310 e. The Hall–Kier alpha value is -1.69. The van der Waals surface area contributed by atoms with Crippen LogP contribution < -0.4 is 5.32 Å². The molecule has 2 unspecified atom stereocenters. The Morgan fingerprint density at radius 1 is 1.29 bits per heavy atom. The highest BCUT2D eigenvalue weighted by molar-refractivity contribution is 5.60. The molecule has 1 aliphatic carbocycles. The Labute approximate surface area is 124 Å². The second-order valence-electron chi connectivity index (χ2n) is 5.92. The molecular formula is C15H22FN5. The monoisotopic (exact) mass is 291 g/mol. The average Bonchev–Trinajstić information content (AvgIpc) is 3.02. The maximum atomic E-state index is 13.4. The summed E-state index contributed by atoms with van der Waals surface area (Å²) in [5, 5.41) is 12.2. The average molecular weight is 291 g/mol. The van der Waals surface area contributed by atoms with Crippen molar-refractivity contribution in [1.29, 1.82) is 0 Å². The SMILES string of the molecule is Cn1cc(-c2nn(C)cc2CNC2CCCC(F)C2)cn1. The van der Waals surface area contributed by atoms with E-state index in [1.165, 1.54) is 0 Å². The van der Waals surface area contributed by atoms with Crippen molar-refractivity contribution in [2.24, 2.45) is 14.1 Å². The van der Waals surface area contributed by atoms with E-state index in [0.29, 0.717) is 12.8 Å². The minimum atomic E-state index is -0.650. The first kappa shape index (κ1) is 14.3. The molecule has 1 fully saturated rings. The summed E-state index contributed by atoms with van der Waals surface area (Å²) in [4.78, 5) is 0. The first-order chi connectivity index (χ1) is 10.1. The van der Waals surface area contributed by atoms with Gasteiger partial charge in [0.25, 0.3) is 0 Å². The van der Waals surface area contributed by atoms with Gasteiger partial charge in [0.05, 0.1) is 11.9 Å². The molecule has 114 valence electrons. The standard InChI is InChI=1S/C15H22FN5/c1-20-9-12(8-18-20)15-11(10-21(2)19-15)7-17-14-5-3-4-13(16)6-14/h8-10,13-14,17H,3-7H2,1-2H3. The number of aromatic nitrogens is 4. The van der Waals surface area contributed by atoms with E-state index in [1.807, 2.05) is 37.4 Å². The van der Waals surface area contributed by atoms with Crippen LogP contribution >= 0.6 is 0 Å². The third kappa shape index (κ3) is 3.32. The van der Waals surface area contributed by atoms with E-state index in [9.17, 15) is 4.39 Å². The molecule has 2 atom stereocenters. The summed E-state index contributed by atoms with van der Waals surface area (Å²) in [6.45, 7) is 0.718. The smallest absolute Gasteiger partial charge is 0.102 e. The number of nitrogens with one attached hydrogen (secondary N) is 1. The molecule has 2 heterocycles. The zero-order valence-electron chi connectivity index (χ0n) is 12.6. The molecule has 0 radical (unpaired) electrons. The summed E-state index contributed by atoms with van der Waals surface area (Å²) in [6.07, 6.45) is 8.53. The van der Waals surface area contributed by atoms with Crippen LogP contribution in [0.2, 0.25) is 0 Å². The normalized spacial score (nSPS) is 22.6. The molecule has 5 nitrogen and oxygen atoms in total. The van der Waals surface area contributed by atoms with Crippen molar-refractivity contribution in [1.82, 2.24) is 24.9 Å². The van der Waals surface area contributed by atoms with E-state index >= 15 is 0 Å². The van der Waals surface area contributed by atoms with Crippen LogP contribution in [0.25, 0.3) is 11.3 Å². The number of hydrogen-bond donors (Lipinski definition) is 1. The number of hydrogen-bond acceptors (Lipinski definition) is 3. The van der Waals surface area contributed by atoms with Crippen LogP contribution in [0.15, 0.2) is 18.6 Å². The molecule has 3 rings (SSSR count). The third-order valence-corrected chi connectivity index (χ3v) is 4.07. The van der Waals surface area contributed by atoms with Gasteiger partial charge in [-0.2, -0.15) is 10.2 Å². The van der Waals surface area contributed by atoms with Gasteiger partial charge in [-0.15, -0.1) is 0 Å². The highest BCUT2D eigenvalue weighted by Gasteiger charge is 2.21. The summed E-state index contributed by atoms with van der Waals surface area (Å²) in [5.41, 5.74) is 3.10. The van der Waals surface area contributed by atoms with Crippen LogP contribution in [0.5, 0.6) is 0 Å². The number of halogens is 1. The summed E-state index contributed by atoms with van der Waals surface area (Å²) in [5.74, 6) is 0. The van der Waals surface area contributed by atoms with E-state index in [0.717, 1.165) is 36.2 Å². The van der Waals surface area contributed by atoms with Crippen molar-refractivity contribution in [2.75, 3.05) is 0 Å². The Balaban J connectivity index is 1.70. The third-order valence-electron chi connectivity index (χ3n) is 4.07. The van der Waals surface area contributed by atoms with Crippen LogP contribution in [0.3, 0.4) is 0 Å². The van der Waals surface area contributed by atoms with Crippen LogP contribution in [0.1, 0.15) is 31.2 Å². The van der Waals surface area contributed by atoms with Crippen molar-refractivity contribution < 1.29 is 4.39 Å². The Morgan fingerprint density at radius 2 is 2.14 bits per heavy atom. The van der Waals surface area contributed by atoms with E-state index in [-0.39, 0.29) is 6.04 Å². The molecule has 0 spiro atoms. The lowest BCUT2D eigenvalue weighted by Gasteiger charge is -2.25. The second-order valence-corrected chi connectivity index (χ2v) is 5.92. The van der Waals surface area contributed by atoms with E-state index in [2.05, 4.69) is 15.5 Å². The highest BCUT2D eigenvalue weighted by atomic mass is 19.1. The van der Waals surface area contributed by atoms with E-state index in [1.54, 1.807) is 4.68 Å². The van der Waals surface area contributed by atoms with E-state index < -0.39 is 6.17 Å². The fourth-order valence-corrected chi connectivity index (χ4v) is 3.02. The van der Waals surface area contributed by atoms with Crippen molar-refractivity contribution in [3.05, 3.63) is 24.2 Å². The quantitative estimate of drug-likeness (QED) is 0.939. The minimum absolute atomic E-state index is 0.274. The fourth-order valence-electron chi connectivity index (χ4n) is 3.02. The zero-order valence-corrected chi connectivity index (χ0v) is 12.6. The maximum absolute atomic E-state index is 13.4. The molecule has 6 heteroatoms. The predicted octanol–water partition coefficient (Wildman–Crippen LogP) is 2.19. The lowest BCUT2D eigenvalue weighted by molar-refractivity contribution is 0.213. The second kappa shape index (κ2) is 5.97. The van der Waals surface area contributed by atoms with Crippen molar-refractivity contribution >= 4 is 0 Å². The molecule has 2 aromatic heterocycles. The lowest BCUT2D eigenvalue weighted by atomic mass is 9.94. The van der Waals surface area contributed by atoms with Gasteiger partial charge in [-0.3, -0.25) is 9.36 Å². The van der Waals surface area contributed by atoms with Crippen LogP contribution in [0.4, 0.5) is 4.39 Å². The lowest BCUT2D eigenvalue weighted by Crippen LogP contribution is -2.34. The number of nitrogens with zero attached hydrogens (tertiary/aromatic N) is 4. The highest BCUT2D eigenvalue weighted by Crippen LogP contribution is 2.24. The first-order valence-corrected chi connectivity index (χ1v) is 7.51. The molecule has 2 aromatic rings. The molecule has 21 heavy (non-hydrogen) atoms. The Kier molecular flexibility index (Phi) is 4.05. The van der Waals surface area contributed by atoms with Gasteiger partial charge in [-0.05, 0) is 25.7 Å². The molecule has 0 aromatic carbocycles. The Bertz CT molecular complexity index is 603. The van der Waals surface area contributed by atoms with Crippen molar-refractivity contribution in [2.45, 2.75) is 44.4 Å². The van der Waals surface area contributed by atoms with Crippen LogP contribution in [0, 0.1) is 0 Å². The molecular weight excluding hydrogens is 269 g/mol. The summed E-state index contributed by atoms with van der Waals surface area (Å²) >= 11 is 0. The predicted molar refractivity (Wildman–Crippen MR) is 79.4 cm³/mol.